The Balaban J connectivity index is 1.29. The number of anilines is 1. The number of amides is 1. The second kappa shape index (κ2) is 12.6. The molecule has 3 heterocycles. The predicted octanol–water partition coefficient (Wildman–Crippen LogP) is 0.508. The number of carbonyl (C=O) groups is 1. The highest BCUT2D eigenvalue weighted by atomic mass is 31.2. The summed E-state index contributed by atoms with van der Waals surface area (Å²) < 4.78 is 36.4. The van der Waals surface area contributed by atoms with Gasteiger partial charge in [-0.1, -0.05) is 11.1 Å². The lowest BCUT2D eigenvalue weighted by atomic mass is 10.0. The first-order valence-corrected chi connectivity index (χ1v) is 16.8. The molecule has 0 spiro atoms. The van der Waals surface area contributed by atoms with Gasteiger partial charge < -0.3 is 34.8 Å². The average Bonchev–Trinajstić information content (AvgIpc) is 3.18. The fraction of sp³-hybridized carbons (Fsp3) is 0.583. The lowest BCUT2D eigenvalue weighted by molar-refractivity contribution is -0.119. The standard InChI is InChI=1S/C24H33N9O9P2/c1-15(34)26-8-9-32-12-16(30-31-32)6-4-3-5-7-20-28-22(25-2)21-23(29-20)33(14-27-21)18-10-19(42-44(38,39)40)24(11-17(18)24)13-41-43(35,36)37/h12,14,17-19H,3-4,6,8-11,13H2,1-2H3,(H,26,34)(H,25,28,29)(H2,35,36,37)(H2,38,39,40)/t17-,18?,19?,24+/m0/s1. The minimum Gasteiger partial charge on any atom is -0.371 e. The smallest absolute Gasteiger partial charge is 0.371 e. The first-order chi connectivity index (χ1) is 20.8. The largest absolute Gasteiger partial charge is 0.469 e. The van der Waals surface area contributed by atoms with Gasteiger partial charge in [-0.2, -0.15) is 0 Å². The van der Waals surface area contributed by atoms with Crippen LogP contribution in [0.2, 0.25) is 0 Å². The Labute approximate surface area is 251 Å². The highest BCUT2D eigenvalue weighted by Gasteiger charge is 2.70. The molecule has 4 atom stereocenters. The van der Waals surface area contributed by atoms with E-state index in [4.69, 9.17) is 9.05 Å². The van der Waals surface area contributed by atoms with Gasteiger partial charge in [0.1, 0.15) is 0 Å². The SMILES string of the molecule is CNc1nc(C#CCCCc2cn(CCNC(C)=O)nn2)nc2c1ncn2C1CC(OP(=O)(O)O)[C@@]2(COP(=O)(O)O)C[C@@H]12. The number of rotatable bonds is 13. The minimum absolute atomic E-state index is 0.102. The van der Waals surface area contributed by atoms with Gasteiger partial charge in [-0.15, -0.1) is 5.10 Å². The van der Waals surface area contributed by atoms with Crippen molar-refractivity contribution >= 4 is 38.5 Å². The number of nitrogens with zero attached hydrogens (tertiary/aromatic N) is 7. The summed E-state index contributed by atoms with van der Waals surface area (Å²) in [6.45, 7) is 2.03. The van der Waals surface area contributed by atoms with E-state index in [1.165, 1.54) is 6.92 Å². The lowest BCUT2D eigenvalue weighted by Gasteiger charge is -2.24. The van der Waals surface area contributed by atoms with Crippen LogP contribution in [0.3, 0.4) is 0 Å². The number of phosphoric acid groups is 2. The van der Waals surface area contributed by atoms with Crippen LogP contribution in [0.1, 0.15) is 50.2 Å². The van der Waals surface area contributed by atoms with Gasteiger partial charge in [0, 0.05) is 44.6 Å². The number of aryl methyl sites for hydroxylation is 1. The van der Waals surface area contributed by atoms with E-state index in [9.17, 15) is 33.5 Å². The molecule has 0 radical (unpaired) electrons. The topological polar surface area (TPSA) is 249 Å². The van der Waals surface area contributed by atoms with Gasteiger partial charge in [-0.25, -0.2) is 24.1 Å². The summed E-state index contributed by atoms with van der Waals surface area (Å²) in [5.74, 6) is 6.40. The van der Waals surface area contributed by atoms with Crippen LogP contribution in [0.4, 0.5) is 5.82 Å². The van der Waals surface area contributed by atoms with Gasteiger partial charge in [0.15, 0.2) is 17.0 Å². The number of aromatic nitrogens is 7. The molecular weight excluding hydrogens is 620 g/mol. The van der Waals surface area contributed by atoms with Crippen molar-refractivity contribution in [1.29, 1.82) is 0 Å². The monoisotopic (exact) mass is 653 g/mol. The highest BCUT2D eigenvalue weighted by Crippen LogP contribution is 2.71. The Kier molecular flexibility index (Phi) is 9.22. The van der Waals surface area contributed by atoms with Crippen molar-refractivity contribution < 1.29 is 42.5 Å². The molecule has 0 aromatic carbocycles. The number of imidazole rings is 1. The number of phosphoric ester groups is 2. The Hall–Kier alpha value is -3.26. The van der Waals surface area contributed by atoms with Crippen LogP contribution < -0.4 is 10.6 Å². The molecule has 0 bridgehead atoms. The van der Waals surface area contributed by atoms with Gasteiger partial charge >= 0.3 is 15.6 Å². The Morgan fingerprint density at radius 2 is 2.02 bits per heavy atom. The second-order valence-corrected chi connectivity index (χ2v) is 13.2. The molecule has 1 amide bonds. The van der Waals surface area contributed by atoms with Crippen molar-refractivity contribution in [3.8, 4) is 11.8 Å². The van der Waals surface area contributed by atoms with Crippen molar-refractivity contribution in [2.24, 2.45) is 11.3 Å². The van der Waals surface area contributed by atoms with Gasteiger partial charge in [-0.05, 0) is 37.5 Å². The molecule has 2 aliphatic carbocycles. The number of unbranched alkanes of at least 4 members (excludes halogenated alkanes) is 1. The van der Waals surface area contributed by atoms with Crippen LogP contribution in [0.5, 0.6) is 0 Å². The highest BCUT2D eigenvalue weighted by molar-refractivity contribution is 7.46. The van der Waals surface area contributed by atoms with Crippen molar-refractivity contribution in [3.63, 3.8) is 0 Å². The molecule has 238 valence electrons. The van der Waals surface area contributed by atoms with Gasteiger partial charge in [-0.3, -0.25) is 18.5 Å². The van der Waals surface area contributed by atoms with Crippen LogP contribution in [-0.4, -0.2) is 86.3 Å². The second-order valence-electron chi connectivity index (χ2n) is 10.8. The summed E-state index contributed by atoms with van der Waals surface area (Å²) in [4.78, 5) is 62.0. The first kappa shape index (κ1) is 32.1. The van der Waals surface area contributed by atoms with E-state index in [0.717, 1.165) is 12.1 Å². The summed E-state index contributed by atoms with van der Waals surface area (Å²) >= 11 is 0. The number of hydrogen-bond acceptors (Lipinski definition) is 11. The Morgan fingerprint density at radius 3 is 2.73 bits per heavy atom. The summed E-state index contributed by atoms with van der Waals surface area (Å²) in [7, 11) is -8.03. The van der Waals surface area contributed by atoms with Crippen molar-refractivity contribution in [3.05, 3.63) is 24.0 Å². The third-order valence-electron chi connectivity index (χ3n) is 7.76. The number of carbonyl (C=O) groups excluding carboxylic acids is 1. The maximum Gasteiger partial charge on any atom is 0.469 e. The van der Waals surface area contributed by atoms with Crippen LogP contribution in [0.15, 0.2) is 12.5 Å². The van der Waals surface area contributed by atoms with Crippen LogP contribution in [-0.2, 0) is 35.9 Å². The van der Waals surface area contributed by atoms with Gasteiger partial charge in [0.05, 0.1) is 31.3 Å². The van der Waals surface area contributed by atoms with Crippen LogP contribution in [0, 0.1) is 23.2 Å². The summed E-state index contributed by atoms with van der Waals surface area (Å²) in [6.07, 6.45) is 4.83. The third kappa shape index (κ3) is 7.51. The molecule has 2 saturated carbocycles. The van der Waals surface area contributed by atoms with E-state index in [1.54, 1.807) is 22.6 Å². The summed E-state index contributed by atoms with van der Waals surface area (Å²) in [5.41, 5.74) is 0.746. The van der Waals surface area contributed by atoms with Crippen molar-refractivity contribution in [2.45, 2.75) is 57.7 Å². The molecular formula is C24H33N9O9P2. The zero-order valence-electron chi connectivity index (χ0n) is 23.9. The van der Waals surface area contributed by atoms with Gasteiger partial charge in [0.2, 0.25) is 11.7 Å². The molecule has 6 N–H and O–H groups in total. The van der Waals surface area contributed by atoms with Crippen LogP contribution >= 0.6 is 15.6 Å². The molecule has 3 aromatic heterocycles. The van der Waals surface area contributed by atoms with Gasteiger partial charge in [0.25, 0.3) is 0 Å². The maximum absolute atomic E-state index is 11.7. The van der Waals surface area contributed by atoms with E-state index in [2.05, 4.69) is 47.7 Å². The van der Waals surface area contributed by atoms with E-state index in [1.807, 2.05) is 6.20 Å². The normalized spacial score (nSPS) is 22.8. The first-order valence-electron chi connectivity index (χ1n) is 13.8. The molecule has 0 aliphatic heterocycles. The Morgan fingerprint density at radius 1 is 1.23 bits per heavy atom. The maximum atomic E-state index is 11.7. The van der Waals surface area contributed by atoms with E-state index in [-0.39, 0.29) is 30.1 Å². The molecule has 2 aliphatic rings. The van der Waals surface area contributed by atoms with E-state index in [0.29, 0.717) is 49.3 Å². The van der Waals surface area contributed by atoms with E-state index >= 15 is 0 Å². The molecule has 20 heteroatoms. The molecule has 2 unspecified atom stereocenters. The number of nitrogens with one attached hydrogen (secondary N) is 2. The fourth-order valence-corrected chi connectivity index (χ4v) is 6.78. The number of hydrogen-bond donors (Lipinski definition) is 6. The Bertz CT molecular complexity index is 1690. The zero-order chi connectivity index (χ0) is 31.7. The summed E-state index contributed by atoms with van der Waals surface area (Å²) in [6, 6.07) is -0.385. The molecule has 3 aromatic rings. The number of fused-ring (bicyclic) bond motifs is 2. The van der Waals surface area contributed by atoms with E-state index < -0.39 is 33.8 Å². The molecule has 0 saturated heterocycles. The average molecular weight is 654 g/mol. The summed E-state index contributed by atoms with van der Waals surface area (Å²) in [5, 5.41) is 13.9. The minimum atomic E-state index is -4.90. The van der Waals surface area contributed by atoms with Crippen LogP contribution in [0.25, 0.3) is 11.2 Å². The molecule has 2 fully saturated rings. The molecule has 5 rings (SSSR count). The molecule has 44 heavy (non-hydrogen) atoms. The van der Waals surface area contributed by atoms with Crippen molar-refractivity contribution in [1.82, 2.24) is 39.8 Å². The zero-order valence-corrected chi connectivity index (χ0v) is 25.7. The quantitative estimate of drug-likeness (QED) is 0.0835. The predicted molar refractivity (Wildman–Crippen MR) is 152 cm³/mol. The molecule has 18 nitrogen and oxygen atoms in total. The fourth-order valence-electron chi connectivity index (χ4n) is 5.74. The third-order valence-corrected chi connectivity index (χ3v) is 8.75. The lowest BCUT2D eigenvalue weighted by Crippen LogP contribution is -2.26. The van der Waals surface area contributed by atoms with Crippen molar-refractivity contribution in [2.75, 3.05) is 25.5 Å².